The molecule has 1 aromatic carbocycles. The van der Waals surface area contributed by atoms with Crippen molar-refractivity contribution in [1.82, 2.24) is 15.0 Å². The Hall–Kier alpha value is -3.17. The van der Waals surface area contributed by atoms with Crippen LogP contribution in [0, 0.1) is 0 Å². The monoisotopic (exact) mass is 401 g/mol. The number of aromatic nitrogens is 1. The molecule has 0 aliphatic rings. The molecule has 9 heteroatoms. The Kier molecular flexibility index (Phi) is 6.07. The summed E-state index contributed by atoms with van der Waals surface area (Å²) < 4.78 is 36.3. The number of pyridine rings is 1. The third kappa shape index (κ3) is 4.96. The summed E-state index contributed by atoms with van der Waals surface area (Å²) in [6.07, 6.45) is 1.70. The van der Waals surface area contributed by atoms with Gasteiger partial charge in [-0.3, -0.25) is 9.78 Å². The molecule has 3 aromatic rings. The van der Waals surface area contributed by atoms with Gasteiger partial charge in [-0.25, -0.2) is 13.1 Å². The zero-order valence-electron chi connectivity index (χ0n) is 15.1. The average molecular weight is 401 g/mol. The maximum Gasteiger partial charge on any atom is 0.287 e. The third-order valence-electron chi connectivity index (χ3n) is 3.80. The van der Waals surface area contributed by atoms with E-state index in [9.17, 15) is 13.2 Å². The molecule has 0 unspecified atom stereocenters. The van der Waals surface area contributed by atoms with Crippen LogP contribution < -0.4 is 14.8 Å². The molecule has 0 atom stereocenters. The standard InChI is InChI=1S/C19H19N3O5S/c1-20-28(24,25)18-9-8-17(27-18)19(23)22-12-14-5-4-7-16(11-14)26-13-15-6-2-3-10-21-15/h2-11,20H,12-13H2,1H3,(H,22,23). The molecule has 28 heavy (non-hydrogen) atoms. The van der Waals surface area contributed by atoms with Gasteiger partial charge in [0.05, 0.1) is 5.69 Å². The van der Waals surface area contributed by atoms with Gasteiger partial charge in [0.1, 0.15) is 12.4 Å². The number of nitrogens with one attached hydrogen (secondary N) is 2. The van der Waals surface area contributed by atoms with E-state index in [0.717, 1.165) is 11.3 Å². The fraction of sp³-hybridized carbons (Fsp3) is 0.158. The summed E-state index contributed by atoms with van der Waals surface area (Å²) in [4.78, 5) is 16.4. The summed E-state index contributed by atoms with van der Waals surface area (Å²) in [5, 5.41) is 2.37. The molecule has 2 heterocycles. The molecule has 2 N–H and O–H groups in total. The fourth-order valence-electron chi connectivity index (χ4n) is 2.34. The average Bonchev–Trinajstić information content (AvgIpc) is 3.23. The summed E-state index contributed by atoms with van der Waals surface area (Å²) in [7, 11) is -2.47. The van der Waals surface area contributed by atoms with Crippen molar-refractivity contribution in [3.8, 4) is 5.75 Å². The molecule has 0 saturated heterocycles. The highest BCUT2D eigenvalue weighted by Crippen LogP contribution is 2.16. The lowest BCUT2D eigenvalue weighted by Gasteiger charge is -2.08. The molecule has 0 aliphatic heterocycles. The summed E-state index contributed by atoms with van der Waals surface area (Å²) in [5.74, 6) is 0.0477. The van der Waals surface area contributed by atoms with Crippen molar-refractivity contribution in [2.45, 2.75) is 18.2 Å². The normalized spacial score (nSPS) is 11.2. The van der Waals surface area contributed by atoms with Crippen molar-refractivity contribution < 1.29 is 22.4 Å². The van der Waals surface area contributed by atoms with Gasteiger partial charge < -0.3 is 14.5 Å². The first kappa shape index (κ1) is 19.6. The number of amides is 1. The van der Waals surface area contributed by atoms with Gasteiger partial charge in [-0.05, 0) is 49.0 Å². The van der Waals surface area contributed by atoms with Crippen LogP contribution in [0.15, 0.2) is 70.3 Å². The number of carbonyl (C=O) groups is 1. The second-order valence-corrected chi connectivity index (χ2v) is 7.58. The second kappa shape index (κ2) is 8.68. The number of rotatable bonds is 8. The molecule has 0 bridgehead atoms. The maximum absolute atomic E-state index is 12.2. The van der Waals surface area contributed by atoms with E-state index < -0.39 is 15.9 Å². The van der Waals surface area contributed by atoms with Crippen LogP contribution in [0.1, 0.15) is 21.8 Å². The maximum atomic E-state index is 12.2. The van der Waals surface area contributed by atoms with Crippen molar-refractivity contribution in [1.29, 1.82) is 0 Å². The number of nitrogens with zero attached hydrogens (tertiary/aromatic N) is 1. The first-order valence-corrected chi connectivity index (χ1v) is 9.89. The van der Waals surface area contributed by atoms with Gasteiger partial charge in [0.25, 0.3) is 15.9 Å². The van der Waals surface area contributed by atoms with Gasteiger partial charge in [0.15, 0.2) is 5.76 Å². The molecule has 0 fully saturated rings. The van der Waals surface area contributed by atoms with E-state index in [1.807, 2.05) is 42.5 Å². The van der Waals surface area contributed by atoms with Crippen LogP contribution in [0.3, 0.4) is 0 Å². The van der Waals surface area contributed by atoms with Gasteiger partial charge >= 0.3 is 0 Å². The van der Waals surface area contributed by atoms with Crippen LogP contribution in [0.4, 0.5) is 0 Å². The van der Waals surface area contributed by atoms with Crippen molar-refractivity contribution in [2.75, 3.05) is 7.05 Å². The second-order valence-electron chi connectivity index (χ2n) is 5.77. The highest BCUT2D eigenvalue weighted by molar-refractivity contribution is 7.89. The largest absolute Gasteiger partial charge is 0.487 e. The Morgan fingerprint density at radius 1 is 1.14 bits per heavy atom. The molecule has 0 aliphatic carbocycles. The fourth-order valence-corrected chi connectivity index (χ4v) is 2.99. The first-order valence-electron chi connectivity index (χ1n) is 8.41. The quantitative estimate of drug-likeness (QED) is 0.598. The molecule has 0 saturated carbocycles. The number of ether oxygens (including phenoxy) is 1. The summed E-state index contributed by atoms with van der Waals surface area (Å²) in [6, 6.07) is 15.4. The first-order chi connectivity index (χ1) is 13.5. The van der Waals surface area contributed by atoms with Crippen LogP contribution in [0.2, 0.25) is 0 Å². The minimum absolute atomic E-state index is 0.0867. The Balaban J connectivity index is 1.58. The minimum Gasteiger partial charge on any atom is -0.487 e. The van der Waals surface area contributed by atoms with Gasteiger partial charge in [-0.15, -0.1) is 0 Å². The number of hydrogen-bond acceptors (Lipinski definition) is 6. The van der Waals surface area contributed by atoms with E-state index in [-0.39, 0.29) is 17.4 Å². The van der Waals surface area contributed by atoms with Crippen LogP contribution in [0.25, 0.3) is 0 Å². The molecule has 1 amide bonds. The van der Waals surface area contributed by atoms with Crippen molar-refractivity contribution in [3.05, 3.63) is 77.8 Å². The summed E-state index contributed by atoms with van der Waals surface area (Å²) in [5.41, 5.74) is 1.63. The molecular weight excluding hydrogens is 382 g/mol. The molecule has 146 valence electrons. The Labute approximate surface area is 162 Å². The van der Waals surface area contributed by atoms with Crippen LogP contribution in [-0.2, 0) is 23.2 Å². The molecule has 2 aromatic heterocycles. The van der Waals surface area contributed by atoms with Crippen molar-refractivity contribution >= 4 is 15.9 Å². The van der Waals surface area contributed by atoms with Crippen molar-refractivity contribution in [2.24, 2.45) is 0 Å². The lowest BCUT2D eigenvalue weighted by Crippen LogP contribution is -2.22. The van der Waals surface area contributed by atoms with Crippen molar-refractivity contribution in [3.63, 3.8) is 0 Å². The molecular formula is C19H19N3O5S. The van der Waals surface area contributed by atoms with E-state index in [0.29, 0.717) is 12.4 Å². The van der Waals surface area contributed by atoms with E-state index in [1.54, 1.807) is 6.20 Å². The Morgan fingerprint density at radius 3 is 2.75 bits per heavy atom. The van der Waals surface area contributed by atoms with Crippen LogP contribution in [0.5, 0.6) is 5.75 Å². The lowest BCUT2D eigenvalue weighted by molar-refractivity contribution is 0.0917. The highest BCUT2D eigenvalue weighted by Gasteiger charge is 2.19. The number of benzene rings is 1. The zero-order chi connectivity index (χ0) is 20.0. The predicted octanol–water partition coefficient (Wildman–Crippen LogP) is 2.09. The number of carbonyl (C=O) groups excluding carboxylic acids is 1. The predicted molar refractivity (Wildman–Crippen MR) is 101 cm³/mol. The van der Waals surface area contributed by atoms with Gasteiger partial charge in [-0.2, -0.15) is 0 Å². The van der Waals surface area contributed by atoms with Crippen LogP contribution in [-0.4, -0.2) is 26.4 Å². The topological polar surface area (TPSA) is 111 Å². The summed E-state index contributed by atoms with van der Waals surface area (Å²) >= 11 is 0. The smallest absolute Gasteiger partial charge is 0.287 e. The number of sulfonamides is 1. The molecule has 3 rings (SSSR count). The van der Waals surface area contributed by atoms with E-state index in [2.05, 4.69) is 15.0 Å². The molecule has 8 nitrogen and oxygen atoms in total. The van der Waals surface area contributed by atoms with E-state index in [4.69, 9.17) is 9.15 Å². The minimum atomic E-state index is -3.73. The number of hydrogen-bond donors (Lipinski definition) is 2. The third-order valence-corrected chi connectivity index (χ3v) is 5.09. The van der Waals surface area contributed by atoms with E-state index >= 15 is 0 Å². The molecule has 0 radical (unpaired) electrons. The van der Waals surface area contributed by atoms with Gasteiger partial charge in [-0.1, -0.05) is 18.2 Å². The SMILES string of the molecule is CNS(=O)(=O)c1ccc(C(=O)NCc2cccc(OCc3ccccn3)c2)o1. The molecule has 0 spiro atoms. The lowest BCUT2D eigenvalue weighted by atomic mass is 10.2. The zero-order valence-corrected chi connectivity index (χ0v) is 15.9. The highest BCUT2D eigenvalue weighted by atomic mass is 32.2. The van der Waals surface area contributed by atoms with Gasteiger partial charge in [0, 0.05) is 12.7 Å². The number of furan rings is 1. The Morgan fingerprint density at radius 2 is 2.00 bits per heavy atom. The van der Waals surface area contributed by atoms with E-state index in [1.165, 1.54) is 19.2 Å². The Bertz CT molecular complexity index is 1050. The summed E-state index contributed by atoms with van der Waals surface area (Å²) in [6.45, 7) is 0.570. The van der Waals surface area contributed by atoms with Gasteiger partial charge in [0.2, 0.25) is 5.09 Å². The van der Waals surface area contributed by atoms with Crippen LogP contribution >= 0.6 is 0 Å².